The number of nitrogens with zero attached hydrogens (tertiary/aromatic N) is 1. The van der Waals surface area contributed by atoms with Crippen LogP contribution >= 0.6 is 0 Å². The van der Waals surface area contributed by atoms with Crippen molar-refractivity contribution in [2.24, 2.45) is 5.73 Å². The van der Waals surface area contributed by atoms with E-state index in [9.17, 15) is 13.6 Å². The van der Waals surface area contributed by atoms with Gasteiger partial charge in [-0.3, -0.25) is 9.78 Å². The lowest BCUT2D eigenvalue weighted by atomic mass is 10.1. The molecule has 0 aromatic carbocycles. The Bertz CT molecular complexity index is 379. The van der Waals surface area contributed by atoms with Crippen molar-refractivity contribution >= 4 is 11.6 Å². The van der Waals surface area contributed by atoms with Gasteiger partial charge >= 0.3 is 0 Å². The van der Waals surface area contributed by atoms with Crippen molar-refractivity contribution in [2.75, 3.05) is 5.73 Å². The van der Waals surface area contributed by atoms with Crippen LogP contribution < -0.4 is 11.5 Å². The van der Waals surface area contributed by atoms with Gasteiger partial charge in [0.05, 0.1) is 22.5 Å². The molecule has 0 bridgehead atoms. The number of nitrogen functional groups attached to an aromatic ring is 1. The maximum absolute atomic E-state index is 12.5. The first kappa shape index (κ1) is 10.4. The van der Waals surface area contributed by atoms with Crippen LogP contribution in [0.5, 0.6) is 0 Å². The van der Waals surface area contributed by atoms with Crippen LogP contribution in [0.4, 0.5) is 14.5 Å². The number of hydrogen-bond acceptors (Lipinski definition) is 3. The average molecular weight is 201 g/mol. The van der Waals surface area contributed by atoms with Gasteiger partial charge < -0.3 is 11.5 Å². The molecule has 1 amide bonds. The Kier molecular flexibility index (Phi) is 2.64. The minimum absolute atomic E-state index is 0.184. The number of primary amides is 1. The maximum Gasteiger partial charge on any atom is 0.266 e. The second-order valence-corrected chi connectivity index (χ2v) is 2.75. The number of aromatic nitrogens is 1. The number of carbonyl (C=O) groups excluding carboxylic acids is 1. The van der Waals surface area contributed by atoms with Gasteiger partial charge in [-0.15, -0.1) is 0 Å². The van der Waals surface area contributed by atoms with Crippen LogP contribution in [0.2, 0.25) is 0 Å². The van der Waals surface area contributed by atoms with Crippen molar-refractivity contribution in [3.05, 3.63) is 23.0 Å². The highest BCUT2D eigenvalue weighted by Crippen LogP contribution is 2.29. The summed E-state index contributed by atoms with van der Waals surface area (Å²) in [6.45, 7) is 1.48. The van der Waals surface area contributed by atoms with E-state index in [0.29, 0.717) is 0 Å². The van der Waals surface area contributed by atoms with Crippen LogP contribution in [-0.2, 0) is 0 Å². The van der Waals surface area contributed by atoms with Gasteiger partial charge in [0, 0.05) is 6.20 Å². The van der Waals surface area contributed by atoms with E-state index in [0.717, 1.165) is 6.20 Å². The zero-order chi connectivity index (χ0) is 10.9. The molecular formula is C8H9F2N3O. The van der Waals surface area contributed by atoms with Crippen LogP contribution in [0, 0.1) is 6.92 Å². The van der Waals surface area contributed by atoms with Crippen molar-refractivity contribution < 1.29 is 13.6 Å². The van der Waals surface area contributed by atoms with Crippen LogP contribution in [-0.4, -0.2) is 10.9 Å². The molecule has 4 nitrogen and oxygen atoms in total. The number of amides is 1. The zero-order valence-electron chi connectivity index (χ0n) is 7.42. The lowest BCUT2D eigenvalue weighted by Crippen LogP contribution is -2.16. The molecule has 0 aliphatic heterocycles. The van der Waals surface area contributed by atoms with Crippen molar-refractivity contribution in [3.63, 3.8) is 0 Å². The molecule has 0 aliphatic carbocycles. The highest BCUT2D eigenvalue weighted by atomic mass is 19.3. The van der Waals surface area contributed by atoms with E-state index in [1.807, 2.05) is 0 Å². The Balaban J connectivity index is 3.45. The fourth-order valence-electron chi connectivity index (χ4n) is 1.07. The molecule has 1 rings (SSSR count). The Labute approximate surface area is 78.9 Å². The summed E-state index contributed by atoms with van der Waals surface area (Å²) < 4.78 is 25.0. The Morgan fingerprint density at radius 2 is 2.14 bits per heavy atom. The lowest BCUT2D eigenvalue weighted by Gasteiger charge is -2.10. The van der Waals surface area contributed by atoms with Gasteiger partial charge in [-0.25, -0.2) is 8.78 Å². The summed E-state index contributed by atoms with van der Waals surface area (Å²) in [5, 5.41) is 0. The number of hydrogen-bond donors (Lipinski definition) is 2. The number of alkyl halides is 2. The smallest absolute Gasteiger partial charge is 0.266 e. The second-order valence-electron chi connectivity index (χ2n) is 2.75. The Morgan fingerprint density at radius 1 is 1.57 bits per heavy atom. The van der Waals surface area contributed by atoms with Gasteiger partial charge in [-0.2, -0.15) is 0 Å². The summed E-state index contributed by atoms with van der Waals surface area (Å²) in [6, 6.07) is 0. The third-order valence-electron chi connectivity index (χ3n) is 1.84. The number of anilines is 1. The monoisotopic (exact) mass is 201 g/mol. The largest absolute Gasteiger partial charge is 0.397 e. The molecule has 1 aromatic heterocycles. The normalized spacial score (nSPS) is 10.6. The van der Waals surface area contributed by atoms with Gasteiger partial charge in [0.1, 0.15) is 0 Å². The van der Waals surface area contributed by atoms with Gasteiger partial charge in [0.15, 0.2) is 0 Å². The molecule has 14 heavy (non-hydrogen) atoms. The molecule has 0 fully saturated rings. The fourth-order valence-corrected chi connectivity index (χ4v) is 1.07. The third kappa shape index (κ3) is 1.63. The van der Waals surface area contributed by atoms with E-state index < -0.39 is 17.9 Å². The van der Waals surface area contributed by atoms with E-state index in [2.05, 4.69) is 4.98 Å². The molecule has 1 aromatic rings. The summed E-state index contributed by atoms with van der Waals surface area (Å²) in [5.41, 5.74) is 9.48. The van der Waals surface area contributed by atoms with E-state index >= 15 is 0 Å². The lowest BCUT2D eigenvalue weighted by molar-refractivity contribution is 0.0986. The van der Waals surface area contributed by atoms with Crippen molar-refractivity contribution in [1.29, 1.82) is 0 Å². The molecule has 0 saturated heterocycles. The van der Waals surface area contributed by atoms with E-state index in [1.165, 1.54) is 6.92 Å². The zero-order valence-corrected chi connectivity index (χ0v) is 7.42. The predicted molar refractivity (Wildman–Crippen MR) is 46.9 cm³/mol. The van der Waals surface area contributed by atoms with Crippen LogP contribution in [0.25, 0.3) is 0 Å². The van der Waals surface area contributed by atoms with Crippen molar-refractivity contribution in [3.8, 4) is 0 Å². The highest BCUT2D eigenvalue weighted by molar-refractivity contribution is 5.95. The minimum Gasteiger partial charge on any atom is -0.397 e. The van der Waals surface area contributed by atoms with Gasteiger partial charge in [-0.05, 0) is 6.92 Å². The number of halogens is 2. The quantitative estimate of drug-likeness (QED) is 0.749. The topological polar surface area (TPSA) is 82.0 Å². The molecule has 4 N–H and O–H groups in total. The second kappa shape index (κ2) is 3.57. The first-order valence-electron chi connectivity index (χ1n) is 3.78. The first-order chi connectivity index (χ1) is 6.45. The first-order valence-corrected chi connectivity index (χ1v) is 3.78. The van der Waals surface area contributed by atoms with Gasteiger partial charge in [0.25, 0.3) is 12.3 Å². The Hall–Kier alpha value is -1.72. The minimum atomic E-state index is -2.83. The fraction of sp³-hybridized carbons (Fsp3) is 0.250. The average Bonchev–Trinajstić information content (AvgIpc) is 2.08. The molecule has 0 spiro atoms. The number of aryl methyl sites for hydroxylation is 1. The SMILES string of the molecule is Cc1ncc(C(N)=O)c(C(F)F)c1N. The van der Waals surface area contributed by atoms with Crippen LogP contribution in [0.15, 0.2) is 6.20 Å². The number of carbonyl (C=O) groups is 1. The number of rotatable bonds is 2. The maximum atomic E-state index is 12.5. The summed E-state index contributed by atoms with van der Waals surface area (Å²) in [7, 11) is 0. The molecule has 76 valence electrons. The van der Waals surface area contributed by atoms with E-state index in [1.54, 1.807) is 0 Å². The molecule has 1 heterocycles. The molecule has 0 saturated carbocycles. The van der Waals surface area contributed by atoms with Gasteiger partial charge in [-0.1, -0.05) is 0 Å². The molecule has 0 radical (unpaired) electrons. The summed E-state index contributed by atoms with van der Waals surface area (Å²) in [6.07, 6.45) is -1.82. The van der Waals surface area contributed by atoms with E-state index in [4.69, 9.17) is 11.5 Å². The highest BCUT2D eigenvalue weighted by Gasteiger charge is 2.21. The molecular weight excluding hydrogens is 192 g/mol. The molecule has 0 unspecified atom stereocenters. The molecule has 0 atom stereocenters. The third-order valence-corrected chi connectivity index (χ3v) is 1.84. The Morgan fingerprint density at radius 3 is 2.57 bits per heavy atom. The summed E-state index contributed by atoms with van der Waals surface area (Å²) in [5.74, 6) is -0.959. The summed E-state index contributed by atoms with van der Waals surface area (Å²) in [4.78, 5) is 14.5. The van der Waals surface area contributed by atoms with Crippen molar-refractivity contribution in [1.82, 2.24) is 4.98 Å². The van der Waals surface area contributed by atoms with Gasteiger partial charge in [0.2, 0.25) is 0 Å². The number of pyridine rings is 1. The number of nitrogens with two attached hydrogens (primary N) is 2. The molecule has 6 heteroatoms. The van der Waals surface area contributed by atoms with Crippen LogP contribution in [0.1, 0.15) is 28.0 Å². The predicted octanol–water partition coefficient (Wildman–Crippen LogP) is 1.01. The van der Waals surface area contributed by atoms with Crippen molar-refractivity contribution in [2.45, 2.75) is 13.3 Å². The molecule has 0 aliphatic rings. The standard InChI is InChI=1S/C8H9F2N3O/c1-3-6(11)5(7(9)10)4(2-13-3)8(12)14/h2,7H,11H2,1H3,(H2,12,14). The summed E-state index contributed by atoms with van der Waals surface area (Å²) >= 11 is 0. The van der Waals surface area contributed by atoms with Crippen LogP contribution in [0.3, 0.4) is 0 Å². The van der Waals surface area contributed by atoms with E-state index in [-0.39, 0.29) is 16.9 Å².